The lowest BCUT2D eigenvalue weighted by Crippen LogP contribution is -2.53. The average Bonchev–Trinajstić information content (AvgIpc) is 3.34. The highest BCUT2D eigenvalue weighted by Crippen LogP contribution is 2.37. The molecule has 7 nitrogen and oxygen atoms in total. The lowest BCUT2D eigenvalue weighted by Gasteiger charge is -2.36. The summed E-state index contributed by atoms with van der Waals surface area (Å²) >= 11 is 1.75. The minimum atomic E-state index is -0.841. The summed E-state index contributed by atoms with van der Waals surface area (Å²) in [6.07, 6.45) is 5.03. The number of carbonyl (C=O) groups is 3. The van der Waals surface area contributed by atoms with E-state index in [2.05, 4.69) is 39.2 Å². The van der Waals surface area contributed by atoms with Gasteiger partial charge in [0.15, 0.2) is 0 Å². The van der Waals surface area contributed by atoms with Gasteiger partial charge >= 0.3 is 6.03 Å². The summed E-state index contributed by atoms with van der Waals surface area (Å²) in [5.74, 6) is -0.681. The number of hydrogen-bond donors (Lipinski definition) is 2. The first kappa shape index (κ1) is 20.2. The number of nitrogens with zero attached hydrogens (tertiary/aromatic N) is 2. The number of urea groups is 1. The van der Waals surface area contributed by atoms with E-state index in [4.69, 9.17) is 0 Å². The van der Waals surface area contributed by atoms with E-state index in [1.807, 2.05) is 18.2 Å². The first-order valence-electron chi connectivity index (χ1n) is 10.9. The maximum atomic E-state index is 13.0. The number of thiophene rings is 1. The Kier molecular flexibility index (Phi) is 5.27. The molecule has 1 aliphatic carbocycles. The van der Waals surface area contributed by atoms with Crippen molar-refractivity contribution in [3.05, 3.63) is 57.8 Å². The molecule has 31 heavy (non-hydrogen) atoms. The summed E-state index contributed by atoms with van der Waals surface area (Å²) < 4.78 is 0. The molecule has 1 spiro atoms. The Bertz CT molecular complexity index is 999. The lowest BCUT2D eigenvalue weighted by atomic mass is 9.82. The van der Waals surface area contributed by atoms with Gasteiger partial charge in [0, 0.05) is 11.4 Å². The van der Waals surface area contributed by atoms with E-state index in [0.29, 0.717) is 12.8 Å². The van der Waals surface area contributed by atoms with Crippen molar-refractivity contribution in [2.24, 2.45) is 0 Å². The van der Waals surface area contributed by atoms with E-state index in [-0.39, 0.29) is 24.4 Å². The summed E-state index contributed by atoms with van der Waals surface area (Å²) in [5.41, 5.74) is 4.10. The second-order valence-corrected chi connectivity index (χ2v) is 9.58. The highest BCUT2D eigenvalue weighted by molar-refractivity contribution is 7.10. The van der Waals surface area contributed by atoms with Crippen LogP contribution in [0.25, 0.3) is 0 Å². The van der Waals surface area contributed by atoms with Gasteiger partial charge in [0.05, 0.1) is 12.6 Å². The number of rotatable bonds is 4. The zero-order chi connectivity index (χ0) is 21.4. The van der Waals surface area contributed by atoms with Crippen molar-refractivity contribution in [2.45, 2.75) is 50.1 Å². The van der Waals surface area contributed by atoms with Gasteiger partial charge in [0.2, 0.25) is 0 Å². The Morgan fingerprint density at radius 1 is 1.13 bits per heavy atom. The van der Waals surface area contributed by atoms with Crippen molar-refractivity contribution in [2.75, 3.05) is 13.1 Å². The minimum absolute atomic E-state index is 0.0188. The van der Waals surface area contributed by atoms with Crippen LogP contribution in [0.5, 0.6) is 0 Å². The predicted molar refractivity (Wildman–Crippen MR) is 117 cm³/mol. The molecule has 2 aromatic rings. The number of fused-ring (bicyclic) bond motifs is 1. The van der Waals surface area contributed by atoms with Crippen molar-refractivity contribution in [3.63, 3.8) is 0 Å². The minimum Gasteiger partial charge on any atom is -0.322 e. The molecule has 5 rings (SSSR count). The molecule has 0 radical (unpaired) electrons. The van der Waals surface area contributed by atoms with Gasteiger partial charge in [0.25, 0.3) is 11.8 Å². The molecule has 0 bridgehead atoms. The normalized spacial score (nSPS) is 23.0. The predicted octanol–water partition coefficient (Wildman–Crippen LogP) is 2.98. The average molecular weight is 439 g/mol. The molecule has 1 saturated carbocycles. The van der Waals surface area contributed by atoms with Crippen LogP contribution in [-0.4, -0.2) is 46.4 Å². The number of amides is 4. The highest BCUT2D eigenvalue weighted by Gasteiger charge is 2.52. The smallest absolute Gasteiger partial charge is 0.322 e. The molecular formula is C23H26N4O3S. The molecule has 4 amide bonds. The molecule has 1 saturated heterocycles. The second kappa shape index (κ2) is 8.09. The van der Waals surface area contributed by atoms with Crippen LogP contribution in [0.4, 0.5) is 4.79 Å². The summed E-state index contributed by atoms with van der Waals surface area (Å²) in [5, 5.41) is 5.82. The van der Waals surface area contributed by atoms with E-state index >= 15 is 0 Å². The van der Waals surface area contributed by atoms with Gasteiger partial charge in [-0.15, -0.1) is 11.3 Å². The number of nitrogens with one attached hydrogen (secondary N) is 2. The van der Waals surface area contributed by atoms with Crippen LogP contribution in [0.3, 0.4) is 0 Å². The van der Waals surface area contributed by atoms with Gasteiger partial charge in [-0.2, -0.15) is 5.01 Å². The molecule has 1 aromatic carbocycles. The maximum absolute atomic E-state index is 13.0. The highest BCUT2D eigenvalue weighted by atomic mass is 32.1. The van der Waals surface area contributed by atoms with Crippen molar-refractivity contribution >= 4 is 29.2 Å². The second-order valence-electron chi connectivity index (χ2n) is 8.58. The van der Waals surface area contributed by atoms with Gasteiger partial charge in [-0.3, -0.25) is 19.9 Å². The topological polar surface area (TPSA) is 81.8 Å². The zero-order valence-electron chi connectivity index (χ0n) is 17.3. The van der Waals surface area contributed by atoms with E-state index in [1.165, 1.54) is 10.4 Å². The van der Waals surface area contributed by atoms with Gasteiger partial charge in [-0.05, 0) is 41.8 Å². The maximum Gasteiger partial charge on any atom is 0.344 e. The van der Waals surface area contributed by atoms with Crippen LogP contribution in [0.1, 0.15) is 54.1 Å². The molecule has 1 unspecified atom stereocenters. The van der Waals surface area contributed by atoms with Crippen LogP contribution >= 0.6 is 11.3 Å². The number of hydrazine groups is 1. The van der Waals surface area contributed by atoms with Crippen LogP contribution in [0.15, 0.2) is 41.8 Å². The largest absolute Gasteiger partial charge is 0.344 e. The summed E-state index contributed by atoms with van der Waals surface area (Å²) in [4.78, 5) is 41.8. The van der Waals surface area contributed by atoms with Crippen LogP contribution in [0, 0.1) is 0 Å². The summed E-state index contributed by atoms with van der Waals surface area (Å²) in [7, 11) is 0. The van der Waals surface area contributed by atoms with Gasteiger partial charge in [-0.25, -0.2) is 4.79 Å². The first-order chi connectivity index (χ1) is 15.1. The third kappa shape index (κ3) is 3.64. The monoisotopic (exact) mass is 438 g/mol. The van der Waals surface area contributed by atoms with Crippen molar-refractivity contribution in [1.82, 2.24) is 20.7 Å². The SMILES string of the molecule is O=C(CN1CCc2sccc2C1c1ccccc1)NN1C(=O)NC2(CCCCC2)C1=O. The molecular weight excluding hydrogens is 412 g/mol. The molecule has 2 aliphatic heterocycles. The molecule has 2 N–H and O–H groups in total. The Hall–Kier alpha value is -2.71. The molecule has 3 heterocycles. The number of benzene rings is 1. The Morgan fingerprint density at radius 3 is 2.68 bits per heavy atom. The Morgan fingerprint density at radius 2 is 1.90 bits per heavy atom. The Balaban J connectivity index is 1.32. The molecule has 162 valence electrons. The van der Waals surface area contributed by atoms with Crippen molar-refractivity contribution < 1.29 is 14.4 Å². The fraction of sp³-hybridized carbons (Fsp3) is 0.435. The van der Waals surface area contributed by atoms with Gasteiger partial charge < -0.3 is 5.32 Å². The number of imide groups is 1. The van der Waals surface area contributed by atoms with Crippen LogP contribution in [0.2, 0.25) is 0 Å². The molecule has 1 aromatic heterocycles. The zero-order valence-corrected chi connectivity index (χ0v) is 18.1. The van der Waals surface area contributed by atoms with Crippen molar-refractivity contribution in [1.29, 1.82) is 0 Å². The van der Waals surface area contributed by atoms with Crippen LogP contribution < -0.4 is 10.7 Å². The number of hydrogen-bond acceptors (Lipinski definition) is 5. The molecule has 3 aliphatic rings. The fourth-order valence-electron chi connectivity index (χ4n) is 5.12. The number of carbonyl (C=O) groups excluding carboxylic acids is 3. The van der Waals surface area contributed by atoms with Crippen molar-refractivity contribution in [3.8, 4) is 0 Å². The molecule has 8 heteroatoms. The first-order valence-corrected chi connectivity index (χ1v) is 11.8. The van der Waals surface area contributed by atoms with Gasteiger partial charge in [-0.1, -0.05) is 49.6 Å². The van der Waals surface area contributed by atoms with Gasteiger partial charge in [0.1, 0.15) is 5.54 Å². The Labute approximate surface area is 185 Å². The summed E-state index contributed by atoms with van der Waals surface area (Å²) in [6.45, 7) is 0.851. The van der Waals surface area contributed by atoms with E-state index in [0.717, 1.165) is 42.8 Å². The van der Waals surface area contributed by atoms with Crippen LogP contribution in [-0.2, 0) is 16.0 Å². The third-order valence-corrected chi connectivity index (χ3v) is 7.63. The van der Waals surface area contributed by atoms with E-state index in [9.17, 15) is 14.4 Å². The molecule has 2 fully saturated rings. The lowest BCUT2D eigenvalue weighted by molar-refractivity contribution is -0.140. The van der Waals surface area contributed by atoms with E-state index < -0.39 is 11.6 Å². The fourth-order valence-corrected chi connectivity index (χ4v) is 6.03. The quantitative estimate of drug-likeness (QED) is 0.719. The third-order valence-electron chi connectivity index (χ3n) is 6.63. The standard InChI is InChI=1S/C23H26N4O3S/c28-19(25-27-21(29)23(24-22(27)30)11-5-2-6-12-23)15-26-13-9-18-17(10-14-31-18)20(26)16-7-3-1-4-8-16/h1,3-4,7-8,10,14,20H,2,5-6,9,11-13,15H2,(H,24,30)(H,25,28). The van der Waals surface area contributed by atoms with E-state index in [1.54, 1.807) is 11.3 Å². The summed E-state index contributed by atoms with van der Waals surface area (Å²) in [6, 6.07) is 11.7. The molecule has 1 atom stereocenters.